The summed E-state index contributed by atoms with van der Waals surface area (Å²) in [6, 6.07) is 26.3. The second-order valence-electron chi connectivity index (χ2n) is 16.9. The van der Waals surface area contributed by atoms with Crippen molar-refractivity contribution in [1.82, 2.24) is 9.88 Å². The molecule has 3 aromatic carbocycles. The number of nitrogens with zero attached hydrogens (tertiary/aromatic N) is 2. The number of fused-ring (bicyclic) bond motifs is 6. The summed E-state index contributed by atoms with van der Waals surface area (Å²) in [5, 5.41) is 4.93. The molecule has 1 aromatic heterocycles. The highest BCUT2D eigenvalue weighted by Crippen LogP contribution is 2.50. The molecule has 2 aliphatic heterocycles. The molecule has 7 aliphatic rings. The number of nitrogens with one attached hydrogen (secondary N) is 1. The van der Waals surface area contributed by atoms with Crippen LogP contribution in [-0.4, -0.2) is 29.7 Å². The summed E-state index contributed by atoms with van der Waals surface area (Å²) in [7, 11) is 0. The van der Waals surface area contributed by atoms with Crippen LogP contribution in [-0.2, 0) is 6.42 Å². The van der Waals surface area contributed by atoms with E-state index in [4.69, 9.17) is 0 Å². The molecular formula is C53H51N3. The molecule has 0 saturated heterocycles. The van der Waals surface area contributed by atoms with Crippen LogP contribution in [0, 0.1) is 11.8 Å². The molecule has 4 aromatic rings. The minimum atomic E-state index is 0.334. The van der Waals surface area contributed by atoms with Crippen LogP contribution in [0.3, 0.4) is 0 Å². The standard InChI is InChI=1S/C53H51N3/c1-3-11-36(12-4-1)38-19-23-44(24-20-38)55-50-17-9-7-15-46(50)48-25-21-41(35-53(48)55)40-22-26-52-49(34-40)47-16-8-10-18-51(47)56(52)45-32-42(37-13-5-2-6-14-37)31-43(33-45)39-27-29-54-30-28-39/h1-8,10-13,15-16,18-19,21-23,25-27,32,34-35,37,43,45,47,51,54H,9,14,17,20,24,28-31,33H2. The van der Waals surface area contributed by atoms with Crippen molar-refractivity contribution in [2.45, 2.75) is 69.4 Å². The second kappa shape index (κ2) is 14.3. The molecule has 3 heterocycles. The lowest BCUT2D eigenvalue weighted by Gasteiger charge is -2.41. The first-order valence-electron chi connectivity index (χ1n) is 21.3. The molecule has 0 bridgehead atoms. The van der Waals surface area contributed by atoms with Crippen molar-refractivity contribution in [2.24, 2.45) is 11.8 Å². The van der Waals surface area contributed by atoms with Gasteiger partial charge in [0.2, 0.25) is 0 Å². The van der Waals surface area contributed by atoms with Crippen molar-refractivity contribution < 1.29 is 0 Å². The Labute approximate surface area is 332 Å². The predicted octanol–water partition coefficient (Wildman–Crippen LogP) is 12.1. The molecule has 5 atom stereocenters. The molecule has 1 N–H and O–H groups in total. The Hall–Kier alpha value is -5.38. The first-order valence-corrected chi connectivity index (χ1v) is 21.3. The van der Waals surface area contributed by atoms with Crippen molar-refractivity contribution >= 4 is 33.9 Å². The van der Waals surface area contributed by atoms with Crippen LogP contribution in [0.4, 0.5) is 5.69 Å². The fraction of sp³-hybridized carbons (Fsp3) is 0.283. The van der Waals surface area contributed by atoms with Crippen LogP contribution in [0.5, 0.6) is 0 Å². The van der Waals surface area contributed by atoms with Crippen LogP contribution in [0.1, 0.15) is 73.2 Å². The van der Waals surface area contributed by atoms with Crippen molar-refractivity contribution in [1.29, 1.82) is 0 Å². The maximum Gasteiger partial charge on any atom is 0.0586 e. The number of hydrogen-bond donors (Lipinski definition) is 1. The van der Waals surface area contributed by atoms with Gasteiger partial charge in [-0.15, -0.1) is 0 Å². The number of anilines is 1. The van der Waals surface area contributed by atoms with Crippen LogP contribution in [0.25, 0.3) is 39.4 Å². The zero-order valence-electron chi connectivity index (χ0n) is 32.3. The largest absolute Gasteiger partial charge is 0.357 e. The highest BCUT2D eigenvalue weighted by atomic mass is 15.2. The van der Waals surface area contributed by atoms with E-state index in [9.17, 15) is 0 Å². The van der Waals surface area contributed by atoms with E-state index in [0.29, 0.717) is 29.8 Å². The van der Waals surface area contributed by atoms with E-state index >= 15 is 0 Å². The van der Waals surface area contributed by atoms with Crippen LogP contribution < -0.4 is 10.2 Å². The Kier molecular flexibility index (Phi) is 8.65. The Bertz CT molecular complexity index is 2490. The third kappa shape index (κ3) is 5.91. The molecule has 278 valence electrons. The molecular weight excluding hydrogens is 679 g/mol. The first-order chi connectivity index (χ1) is 27.8. The summed E-state index contributed by atoms with van der Waals surface area (Å²) >= 11 is 0. The van der Waals surface area contributed by atoms with Crippen molar-refractivity contribution in [3.8, 4) is 11.1 Å². The molecule has 0 radical (unpaired) electrons. The Balaban J connectivity index is 0.977. The second-order valence-corrected chi connectivity index (χ2v) is 16.9. The van der Waals surface area contributed by atoms with Gasteiger partial charge in [-0.3, -0.25) is 0 Å². The van der Waals surface area contributed by atoms with E-state index in [-0.39, 0.29) is 0 Å². The lowest BCUT2D eigenvalue weighted by atomic mass is 9.74. The minimum Gasteiger partial charge on any atom is -0.357 e. The van der Waals surface area contributed by atoms with Crippen molar-refractivity contribution in [2.75, 3.05) is 18.0 Å². The lowest BCUT2D eigenvalue weighted by molar-refractivity contribution is 0.426. The molecule has 3 heteroatoms. The van der Waals surface area contributed by atoms with Gasteiger partial charge in [-0.1, -0.05) is 139 Å². The van der Waals surface area contributed by atoms with Gasteiger partial charge in [0, 0.05) is 52.5 Å². The van der Waals surface area contributed by atoms with E-state index in [1.54, 1.807) is 11.1 Å². The highest BCUT2D eigenvalue weighted by Gasteiger charge is 2.42. The maximum atomic E-state index is 3.56. The van der Waals surface area contributed by atoms with E-state index in [1.807, 2.05) is 0 Å². The molecule has 5 aliphatic carbocycles. The Morgan fingerprint density at radius 3 is 2.48 bits per heavy atom. The number of rotatable bonds is 6. The fourth-order valence-corrected chi connectivity index (χ4v) is 11.0. The Morgan fingerprint density at radius 2 is 1.62 bits per heavy atom. The topological polar surface area (TPSA) is 20.2 Å². The van der Waals surface area contributed by atoms with Gasteiger partial charge in [0.25, 0.3) is 0 Å². The summed E-state index contributed by atoms with van der Waals surface area (Å²) in [6.45, 7) is 2.11. The smallest absolute Gasteiger partial charge is 0.0586 e. The van der Waals surface area contributed by atoms with Gasteiger partial charge in [-0.2, -0.15) is 0 Å². The molecule has 5 unspecified atom stereocenters. The van der Waals surface area contributed by atoms with Crippen LogP contribution in [0.2, 0.25) is 0 Å². The van der Waals surface area contributed by atoms with Gasteiger partial charge in [-0.05, 0) is 116 Å². The summed E-state index contributed by atoms with van der Waals surface area (Å²) < 4.78 is 2.62. The quantitative estimate of drug-likeness (QED) is 0.199. The molecule has 0 saturated carbocycles. The van der Waals surface area contributed by atoms with Crippen molar-refractivity contribution in [3.05, 3.63) is 179 Å². The molecule has 0 spiro atoms. The normalized spacial score (nSPS) is 26.4. The van der Waals surface area contributed by atoms with Gasteiger partial charge in [0.05, 0.1) is 11.6 Å². The van der Waals surface area contributed by atoms with E-state index < -0.39 is 0 Å². The summed E-state index contributed by atoms with van der Waals surface area (Å²) in [6.07, 6.45) is 42.4. The average Bonchev–Trinajstić information content (AvgIpc) is 3.79. The highest BCUT2D eigenvalue weighted by molar-refractivity contribution is 5.97. The van der Waals surface area contributed by atoms with Crippen LogP contribution >= 0.6 is 0 Å². The van der Waals surface area contributed by atoms with E-state index in [2.05, 4.69) is 167 Å². The molecule has 11 rings (SSSR count). The Morgan fingerprint density at radius 1 is 0.732 bits per heavy atom. The molecule has 0 amide bonds. The molecule has 56 heavy (non-hydrogen) atoms. The van der Waals surface area contributed by atoms with Crippen molar-refractivity contribution in [3.63, 3.8) is 0 Å². The maximum absolute atomic E-state index is 3.56. The van der Waals surface area contributed by atoms with Gasteiger partial charge in [0.1, 0.15) is 0 Å². The van der Waals surface area contributed by atoms with Gasteiger partial charge in [-0.25, -0.2) is 0 Å². The summed E-state index contributed by atoms with van der Waals surface area (Å²) in [5.41, 5.74) is 17.2. The zero-order chi connectivity index (χ0) is 37.0. The van der Waals surface area contributed by atoms with E-state index in [1.165, 1.54) is 80.6 Å². The third-order valence-corrected chi connectivity index (χ3v) is 13.8. The average molecular weight is 730 g/mol. The van der Waals surface area contributed by atoms with E-state index in [0.717, 1.165) is 45.2 Å². The predicted molar refractivity (Wildman–Crippen MR) is 236 cm³/mol. The molecule has 3 nitrogen and oxygen atoms in total. The number of aromatic nitrogens is 1. The van der Waals surface area contributed by atoms with Gasteiger partial charge < -0.3 is 14.8 Å². The number of hydrogen-bond acceptors (Lipinski definition) is 2. The number of benzene rings is 3. The van der Waals surface area contributed by atoms with Crippen LogP contribution in [0.15, 0.2) is 157 Å². The summed E-state index contributed by atoms with van der Waals surface area (Å²) in [4.78, 5) is 2.81. The SMILES string of the molecule is C1=CCC(C2=CC(N3c4ccc(-c5ccc6c7c(n(C8=CC=C(c9ccccc9)CC8)c6c5)CCC=C7)cc4C4C=CC=CC43)CC(C3=CCNCC3)C2)C=C1. The minimum absolute atomic E-state index is 0.334. The van der Waals surface area contributed by atoms with Gasteiger partial charge in [0.15, 0.2) is 0 Å². The zero-order valence-corrected chi connectivity index (χ0v) is 32.3. The molecule has 0 fully saturated rings. The lowest BCUT2D eigenvalue weighted by Crippen LogP contribution is -2.43. The number of allylic oxidation sites excluding steroid dienone is 12. The monoisotopic (exact) mass is 729 g/mol. The third-order valence-electron chi connectivity index (χ3n) is 13.8. The first kappa shape index (κ1) is 33.9. The summed E-state index contributed by atoms with van der Waals surface area (Å²) in [5.74, 6) is 1.47. The van der Waals surface area contributed by atoms with Gasteiger partial charge >= 0.3 is 0 Å². The fourth-order valence-electron chi connectivity index (χ4n) is 11.0.